The van der Waals surface area contributed by atoms with E-state index in [0.29, 0.717) is 36.6 Å². The van der Waals surface area contributed by atoms with Crippen molar-refractivity contribution < 1.29 is 37.3 Å². The number of benzene rings is 1. The molecule has 59 heavy (non-hydrogen) atoms. The number of carbonyl (C=O) groups is 1. The van der Waals surface area contributed by atoms with E-state index in [9.17, 15) is 18.3 Å². The number of ether oxygens (including phenoxy) is 4. The highest BCUT2D eigenvalue weighted by molar-refractivity contribution is 7.91. The number of sulfonamides is 1. The molecule has 6 fully saturated rings. The lowest BCUT2D eigenvalue weighted by molar-refractivity contribution is -0.176. The summed E-state index contributed by atoms with van der Waals surface area (Å²) in [5, 5.41) is 18.9. The van der Waals surface area contributed by atoms with Gasteiger partial charge in [0.05, 0.1) is 52.0 Å². The molecular formula is C43H60N6O9S. The van der Waals surface area contributed by atoms with Crippen LogP contribution in [0.3, 0.4) is 0 Å². The molecule has 1 aromatic heterocycles. The minimum absolute atomic E-state index is 0.0319. The molecule has 3 aliphatic heterocycles. The smallest absolute Gasteiger partial charge is 0.300 e. The number of aliphatic hydroxyl groups excluding tert-OH is 1. The number of methoxy groups -OCH3 is 1. The molecule has 1 amide bonds. The minimum atomic E-state index is -3.73. The molecule has 15 nitrogen and oxygen atoms in total. The first kappa shape index (κ1) is 41.1. The van der Waals surface area contributed by atoms with E-state index in [2.05, 4.69) is 28.0 Å². The fourth-order valence-corrected chi connectivity index (χ4v) is 11.7. The molecule has 9 rings (SSSR count). The van der Waals surface area contributed by atoms with E-state index in [-0.39, 0.29) is 54.9 Å². The molecule has 4 heterocycles. The number of carbonyl (C=O) groups excluding carboxylic acids is 1. The molecule has 10 unspecified atom stereocenters. The summed E-state index contributed by atoms with van der Waals surface area (Å²) in [6, 6.07) is 4.42. The summed E-state index contributed by atoms with van der Waals surface area (Å²) < 4.78 is 56.0. The summed E-state index contributed by atoms with van der Waals surface area (Å²) in [4.78, 5) is 36.0. The molecule has 16 heteroatoms. The Morgan fingerprint density at radius 2 is 1.90 bits per heavy atom. The summed E-state index contributed by atoms with van der Waals surface area (Å²) in [6.07, 6.45) is 11.0. The molecule has 322 valence electrons. The molecule has 2 bridgehead atoms. The van der Waals surface area contributed by atoms with Gasteiger partial charge in [-0.15, -0.1) is 6.58 Å². The van der Waals surface area contributed by atoms with Crippen molar-refractivity contribution in [1.82, 2.24) is 29.8 Å². The third-order valence-corrected chi connectivity index (χ3v) is 16.8. The largest absolute Gasteiger partial charge is 0.459 e. The van der Waals surface area contributed by atoms with Crippen LogP contribution < -0.4 is 25.7 Å². The Balaban J connectivity index is 1.09. The molecule has 2 saturated heterocycles. The van der Waals surface area contributed by atoms with Crippen LogP contribution in [0.4, 0.5) is 0 Å². The van der Waals surface area contributed by atoms with E-state index in [1.807, 2.05) is 32.1 Å². The number of aromatic nitrogens is 2. The number of aryl methyl sites for hydroxylation is 1. The zero-order valence-corrected chi connectivity index (χ0v) is 35.5. The van der Waals surface area contributed by atoms with Gasteiger partial charge in [-0.25, -0.2) is 8.42 Å². The Morgan fingerprint density at radius 1 is 1.14 bits per heavy atom. The van der Waals surface area contributed by atoms with Crippen molar-refractivity contribution >= 4 is 26.8 Å². The number of hydrogen-bond donors (Lipinski definition) is 4. The molecule has 4 saturated carbocycles. The van der Waals surface area contributed by atoms with Gasteiger partial charge in [0.25, 0.3) is 11.6 Å². The second-order valence-corrected chi connectivity index (χ2v) is 21.0. The third kappa shape index (κ3) is 7.59. The lowest BCUT2D eigenvalue weighted by Gasteiger charge is -2.38. The Kier molecular flexibility index (Phi) is 10.5. The first-order chi connectivity index (χ1) is 28.1. The highest BCUT2D eigenvalue weighted by Crippen LogP contribution is 2.53. The van der Waals surface area contributed by atoms with Crippen LogP contribution in [0.1, 0.15) is 90.0 Å². The summed E-state index contributed by atoms with van der Waals surface area (Å²) in [5.74, 6) is -0.151. The van der Waals surface area contributed by atoms with Gasteiger partial charge in [-0.1, -0.05) is 37.1 Å². The van der Waals surface area contributed by atoms with E-state index in [1.165, 1.54) is 7.11 Å². The molecule has 1 aromatic carbocycles. The van der Waals surface area contributed by atoms with Crippen LogP contribution in [0.25, 0.3) is 10.9 Å². The van der Waals surface area contributed by atoms with Gasteiger partial charge in [-0.2, -0.15) is 9.71 Å². The highest BCUT2D eigenvalue weighted by atomic mass is 32.2. The van der Waals surface area contributed by atoms with Crippen LogP contribution in [0, 0.1) is 24.7 Å². The number of allylic oxidation sites excluding steroid dienone is 2. The molecule has 0 radical (unpaired) electrons. The van der Waals surface area contributed by atoms with Gasteiger partial charge < -0.3 is 29.0 Å². The van der Waals surface area contributed by atoms with Gasteiger partial charge >= 0.3 is 0 Å². The maximum atomic E-state index is 15.2. The standard InChI is InChI=1S/C43H60N6O9S/c1-6-28-23-42(28,37(55-5)46-59(53,54)40(3)17-18-40)47-43(25-56-43)33-21-30-24-49(33)36(51)34(27-12-9-10-13-27)45-39(52)58-41(4)22-29(41)14-8-7-11-19-48-35(50)31-16-15-26(2)20-32(31)44-38(48)57-30/h6-7,11,15-16,20,27-30,33-34,37,39,45-47,52H,1,8-10,12-14,17-19,21-25H2,2-5H3. The average molecular weight is 837 g/mol. The maximum Gasteiger partial charge on any atom is 0.300 e. The summed E-state index contributed by atoms with van der Waals surface area (Å²) >= 11 is 0. The second-order valence-electron chi connectivity index (χ2n) is 18.8. The fraction of sp³-hybridized carbons (Fsp3) is 0.698. The number of fused-ring (bicyclic) bond motifs is 5. The van der Waals surface area contributed by atoms with Gasteiger partial charge in [0.15, 0.2) is 5.72 Å². The van der Waals surface area contributed by atoms with E-state index in [1.54, 1.807) is 28.5 Å². The van der Waals surface area contributed by atoms with Crippen LogP contribution >= 0.6 is 0 Å². The van der Waals surface area contributed by atoms with Crippen LogP contribution in [0.15, 0.2) is 47.8 Å². The normalized spacial score (nSPS) is 37.5. The second kappa shape index (κ2) is 15.0. The first-order valence-corrected chi connectivity index (χ1v) is 23.0. The van der Waals surface area contributed by atoms with Crippen LogP contribution in [0.2, 0.25) is 0 Å². The summed E-state index contributed by atoms with van der Waals surface area (Å²) in [5.41, 5.74) is -1.23. The van der Waals surface area contributed by atoms with E-state index < -0.39 is 62.5 Å². The molecule has 4 N–H and O–H groups in total. The average Bonchev–Trinajstić information content (AvgIpc) is 4.18. The van der Waals surface area contributed by atoms with Gasteiger partial charge in [-0.05, 0) is 102 Å². The van der Waals surface area contributed by atoms with E-state index >= 15 is 4.79 Å². The number of nitrogens with one attached hydrogen (secondary N) is 3. The zero-order valence-electron chi connectivity index (χ0n) is 34.7. The molecule has 2 aromatic rings. The Labute approximate surface area is 346 Å². The van der Waals surface area contributed by atoms with Crippen LogP contribution in [-0.4, -0.2) is 107 Å². The van der Waals surface area contributed by atoms with Crippen molar-refractivity contribution in [2.24, 2.45) is 17.8 Å². The molecule has 4 aliphatic carbocycles. The van der Waals surface area contributed by atoms with Crippen LogP contribution in [0.5, 0.6) is 6.01 Å². The van der Waals surface area contributed by atoms with Gasteiger partial charge in [0.2, 0.25) is 22.3 Å². The SMILES string of the molecule is C=CC1CC1(NC1(C2CC3CN2C(=O)C(C2CCCC2)NC(O)OC2(C)CC2CCC=CCn2c(nc4cc(C)ccc4c2=O)O3)CO1)C(NS(=O)(=O)C1(C)CC1)OC. The lowest BCUT2D eigenvalue weighted by atomic mass is 9.95. The number of aliphatic hydroxyl groups is 1. The number of hydrogen-bond acceptors (Lipinski definition) is 12. The quantitative estimate of drug-likeness (QED) is 0.156. The zero-order chi connectivity index (χ0) is 41.5. The van der Waals surface area contributed by atoms with Crippen molar-refractivity contribution in [3.63, 3.8) is 0 Å². The molecule has 7 aliphatic rings. The van der Waals surface area contributed by atoms with Crippen molar-refractivity contribution in [2.45, 2.75) is 150 Å². The van der Waals surface area contributed by atoms with E-state index in [4.69, 9.17) is 23.9 Å². The maximum absolute atomic E-state index is 15.2. The molecular weight excluding hydrogens is 777 g/mol. The highest BCUT2D eigenvalue weighted by Gasteiger charge is 2.69. The van der Waals surface area contributed by atoms with Crippen molar-refractivity contribution in [3.8, 4) is 6.01 Å². The molecule has 10 atom stereocenters. The van der Waals surface area contributed by atoms with E-state index in [0.717, 1.165) is 50.5 Å². The van der Waals surface area contributed by atoms with Crippen LogP contribution in [-0.2, 0) is 35.6 Å². The van der Waals surface area contributed by atoms with Crippen molar-refractivity contribution in [3.05, 3.63) is 58.9 Å². The minimum Gasteiger partial charge on any atom is -0.459 e. The summed E-state index contributed by atoms with van der Waals surface area (Å²) in [7, 11) is -2.24. The third-order valence-electron chi connectivity index (χ3n) is 14.6. The summed E-state index contributed by atoms with van der Waals surface area (Å²) in [6.45, 7) is 10.4. The number of rotatable bonds is 10. The van der Waals surface area contributed by atoms with Crippen molar-refractivity contribution in [2.75, 3.05) is 20.3 Å². The Hall–Kier alpha value is -3.22. The van der Waals surface area contributed by atoms with Gasteiger partial charge in [0.1, 0.15) is 12.3 Å². The van der Waals surface area contributed by atoms with Gasteiger partial charge in [-0.3, -0.25) is 24.8 Å². The number of amides is 1. The predicted octanol–water partition coefficient (Wildman–Crippen LogP) is 3.33. The first-order valence-electron chi connectivity index (χ1n) is 21.5. The Morgan fingerprint density at radius 3 is 2.58 bits per heavy atom. The number of epoxide rings is 1. The Bertz CT molecular complexity index is 2180. The predicted molar refractivity (Wildman–Crippen MR) is 219 cm³/mol. The van der Waals surface area contributed by atoms with Gasteiger partial charge in [0, 0.05) is 26.0 Å². The molecule has 0 spiro atoms. The van der Waals surface area contributed by atoms with Crippen molar-refractivity contribution in [1.29, 1.82) is 0 Å². The fourth-order valence-electron chi connectivity index (χ4n) is 10.2. The lowest BCUT2D eigenvalue weighted by Crippen LogP contribution is -2.64. The topological polar surface area (TPSA) is 186 Å². The monoisotopic (exact) mass is 836 g/mol. The number of nitrogens with zero attached hydrogens (tertiary/aromatic N) is 3.